The van der Waals surface area contributed by atoms with Gasteiger partial charge in [0.05, 0.1) is 18.9 Å². The molecule has 0 saturated heterocycles. The van der Waals surface area contributed by atoms with Crippen LogP contribution in [-0.2, 0) is 4.79 Å². The van der Waals surface area contributed by atoms with Crippen molar-refractivity contribution in [3.05, 3.63) is 12.4 Å². The third kappa shape index (κ3) is 2.82. The van der Waals surface area contributed by atoms with Gasteiger partial charge in [0.2, 0.25) is 5.91 Å². The summed E-state index contributed by atoms with van der Waals surface area (Å²) >= 11 is 0. The van der Waals surface area contributed by atoms with E-state index in [9.17, 15) is 4.79 Å². The molecule has 3 N–H and O–H groups in total. The van der Waals surface area contributed by atoms with Crippen molar-refractivity contribution < 1.29 is 4.79 Å². The summed E-state index contributed by atoms with van der Waals surface area (Å²) in [4.78, 5) is 21.3. The molecule has 1 aromatic heterocycles. The lowest BCUT2D eigenvalue weighted by atomic mass is 10.4. The molecule has 0 aromatic carbocycles. The van der Waals surface area contributed by atoms with Gasteiger partial charge in [0, 0.05) is 13.1 Å². The van der Waals surface area contributed by atoms with Crippen LogP contribution in [-0.4, -0.2) is 35.5 Å². The lowest BCUT2D eigenvalue weighted by Crippen LogP contribution is -2.36. The highest BCUT2D eigenvalue weighted by molar-refractivity contribution is 5.81. The Balaban J connectivity index is 1.91. The van der Waals surface area contributed by atoms with Crippen LogP contribution in [0.25, 0.3) is 0 Å². The van der Waals surface area contributed by atoms with Crippen LogP contribution in [0.1, 0.15) is 12.8 Å². The van der Waals surface area contributed by atoms with E-state index in [0.717, 1.165) is 12.8 Å². The van der Waals surface area contributed by atoms with Crippen LogP contribution >= 0.6 is 0 Å². The summed E-state index contributed by atoms with van der Waals surface area (Å²) in [5, 5.41) is 2.91. The number of nitrogen functional groups attached to an aromatic ring is 1. The van der Waals surface area contributed by atoms with Crippen molar-refractivity contribution in [2.24, 2.45) is 0 Å². The molecule has 0 aliphatic heterocycles. The molecule has 1 saturated carbocycles. The first kappa shape index (κ1) is 10.7. The topological polar surface area (TPSA) is 84.1 Å². The number of nitrogens with two attached hydrogens (primary N) is 1. The van der Waals surface area contributed by atoms with Crippen LogP contribution in [0.2, 0.25) is 0 Å². The van der Waals surface area contributed by atoms with Crippen LogP contribution in [0.4, 0.5) is 11.6 Å². The summed E-state index contributed by atoms with van der Waals surface area (Å²) in [6.45, 7) is 0.272. The Hall–Kier alpha value is -1.85. The van der Waals surface area contributed by atoms with Gasteiger partial charge in [-0.15, -0.1) is 0 Å². The van der Waals surface area contributed by atoms with Gasteiger partial charge >= 0.3 is 0 Å². The molecule has 0 radical (unpaired) electrons. The van der Waals surface area contributed by atoms with Crippen LogP contribution in [0.3, 0.4) is 0 Å². The number of hydrogen-bond acceptors (Lipinski definition) is 5. The average Bonchev–Trinajstić information content (AvgIpc) is 3.01. The first-order valence-corrected chi connectivity index (χ1v) is 5.23. The molecule has 1 amide bonds. The normalized spacial score (nSPS) is 14.6. The number of hydrogen-bond donors (Lipinski definition) is 2. The molecular weight excluding hydrogens is 206 g/mol. The van der Waals surface area contributed by atoms with E-state index in [1.165, 1.54) is 6.20 Å². The highest BCUT2D eigenvalue weighted by Gasteiger charge is 2.23. The number of likely N-dealkylation sites (N-methyl/N-ethyl adjacent to an activating group) is 1. The highest BCUT2D eigenvalue weighted by Crippen LogP contribution is 2.18. The van der Waals surface area contributed by atoms with Crippen molar-refractivity contribution in [2.75, 3.05) is 24.2 Å². The molecule has 1 heterocycles. The minimum atomic E-state index is 0.00854. The molecular formula is C10H15N5O. The number of nitrogens with one attached hydrogen (secondary N) is 1. The molecule has 1 aliphatic carbocycles. The Bertz CT molecular complexity index is 391. The molecule has 0 atom stereocenters. The van der Waals surface area contributed by atoms with Gasteiger partial charge < -0.3 is 16.0 Å². The average molecular weight is 221 g/mol. The SMILES string of the molecule is CN(CC(=O)NC1CC1)c1cncc(N)n1. The Kier molecular flexibility index (Phi) is 2.89. The van der Waals surface area contributed by atoms with E-state index in [2.05, 4.69) is 15.3 Å². The second kappa shape index (κ2) is 4.34. The summed E-state index contributed by atoms with van der Waals surface area (Å²) in [7, 11) is 1.79. The number of anilines is 2. The molecule has 0 unspecified atom stereocenters. The summed E-state index contributed by atoms with van der Waals surface area (Å²) < 4.78 is 0. The van der Waals surface area contributed by atoms with Crippen molar-refractivity contribution in [2.45, 2.75) is 18.9 Å². The molecule has 0 bridgehead atoms. The van der Waals surface area contributed by atoms with E-state index in [1.807, 2.05) is 0 Å². The highest BCUT2D eigenvalue weighted by atomic mass is 16.2. The zero-order chi connectivity index (χ0) is 11.5. The van der Waals surface area contributed by atoms with Gasteiger partial charge in [0.1, 0.15) is 11.6 Å². The molecule has 1 aliphatic rings. The number of carbonyl (C=O) groups excluding carboxylic acids is 1. The third-order valence-corrected chi connectivity index (χ3v) is 2.35. The standard InChI is InChI=1S/C10H15N5O/c1-15(6-10(16)13-7-2-3-7)9-5-12-4-8(11)14-9/h4-5,7H,2-3,6H2,1H3,(H2,11,14)(H,13,16). The molecule has 0 spiro atoms. The van der Waals surface area contributed by atoms with E-state index in [1.54, 1.807) is 18.1 Å². The van der Waals surface area contributed by atoms with Gasteiger partial charge in [-0.2, -0.15) is 0 Å². The van der Waals surface area contributed by atoms with Crippen molar-refractivity contribution >= 4 is 17.5 Å². The number of carbonyl (C=O) groups is 1. The maximum absolute atomic E-state index is 11.5. The van der Waals surface area contributed by atoms with E-state index in [-0.39, 0.29) is 12.5 Å². The molecule has 2 rings (SSSR count). The van der Waals surface area contributed by atoms with Crippen LogP contribution in [0, 0.1) is 0 Å². The number of rotatable bonds is 4. The first-order valence-electron chi connectivity index (χ1n) is 5.23. The minimum absolute atomic E-state index is 0.00854. The van der Waals surface area contributed by atoms with Gasteiger partial charge in [0.25, 0.3) is 0 Å². The predicted octanol–water partition coefficient (Wildman–Crippen LogP) is -0.226. The fraction of sp³-hybridized carbons (Fsp3) is 0.500. The Morgan fingerprint density at radius 3 is 3.00 bits per heavy atom. The van der Waals surface area contributed by atoms with E-state index < -0.39 is 0 Å². The van der Waals surface area contributed by atoms with Gasteiger partial charge in [-0.05, 0) is 12.8 Å². The largest absolute Gasteiger partial charge is 0.382 e. The monoisotopic (exact) mass is 221 g/mol. The minimum Gasteiger partial charge on any atom is -0.382 e. The lowest BCUT2D eigenvalue weighted by Gasteiger charge is -2.17. The molecule has 1 aromatic rings. The second-order valence-corrected chi connectivity index (χ2v) is 4.00. The van der Waals surface area contributed by atoms with Gasteiger partial charge in [0.15, 0.2) is 0 Å². The second-order valence-electron chi connectivity index (χ2n) is 4.00. The predicted molar refractivity (Wildman–Crippen MR) is 60.9 cm³/mol. The van der Waals surface area contributed by atoms with Crippen molar-refractivity contribution in [1.29, 1.82) is 0 Å². The van der Waals surface area contributed by atoms with Crippen molar-refractivity contribution in [3.63, 3.8) is 0 Å². The van der Waals surface area contributed by atoms with Gasteiger partial charge in [-0.3, -0.25) is 9.78 Å². The summed E-state index contributed by atoms with van der Waals surface area (Å²) in [5.41, 5.74) is 5.52. The van der Waals surface area contributed by atoms with Crippen LogP contribution < -0.4 is 16.0 Å². The maximum Gasteiger partial charge on any atom is 0.239 e. The van der Waals surface area contributed by atoms with Crippen LogP contribution in [0.5, 0.6) is 0 Å². The summed E-state index contributed by atoms with van der Waals surface area (Å²) in [6.07, 6.45) is 5.24. The van der Waals surface area contributed by atoms with Gasteiger partial charge in [-0.1, -0.05) is 0 Å². The molecule has 6 heteroatoms. The quantitative estimate of drug-likeness (QED) is 0.734. The number of nitrogens with zero attached hydrogens (tertiary/aromatic N) is 3. The zero-order valence-corrected chi connectivity index (χ0v) is 9.18. The molecule has 86 valence electrons. The van der Waals surface area contributed by atoms with E-state index in [4.69, 9.17) is 5.73 Å². The number of aromatic nitrogens is 2. The number of amides is 1. The van der Waals surface area contributed by atoms with E-state index in [0.29, 0.717) is 17.7 Å². The van der Waals surface area contributed by atoms with Crippen LogP contribution in [0.15, 0.2) is 12.4 Å². The smallest absolute Gasteiger partial charge is 0.239 e. The molecule has 1 fully saturated rings. The van der Waals surface area contributed by atoms with Crippen molar-refractivity contribution in [1.82, 2.24) is 15.3 Å². The van der Waals surface area contributed by atoms with E-state index >= 15 is 0 Å². The zero-order valence-electron chi connectivity index (χ0n) is 9.18. The van der Waals surface area contributed by atoms with Gasteiger partial charge in [-0.25, -0.2) is 4.98 Å². The summed E-state index contributed by atoms with van der Waals surface area (Å²) in [5.74, 6) is 0.965. The lowest BCUT2D eigenvalue weighted by molar-refractivity contribution is -0.119. The molecule has 6 nitrogen and oxygen atoms in total. The fourth-order valence-electron chi connectivity index (χ4n) is 1.35. The van der Waals surface area contributed by atoms with Crippen molar-refractivity contribution in [3.8, 4) is 0 Å². The maximum atomic E-state index is 11.5. The Morgan fingerprint density at radius 2 is 2.38 bits per heavy atom. The molecule has 16 heavy (non-hydrogen) atoms. The Morgan fingerprint density at radius 1 is 1.62 bits per heavy atom. The fourth-order valence-corrected chi connectivity index (χ4v) is 1.35. The first-order chi connectivity index (χ1) is 7.65. The Labute approximate surface area is 93.9 Å². The summed E-state index contributed by atoms with van der Waals surface area (Å²) in [6, 6.07) is 0.382. The third-order valence-electron chi connectivity index (χ3n) is 2.35.